The Morgan fingerprint density at radius 1 is 1.04 bits per heavy atom. The molecule has 0 radical (unpaired) electrons. The third-order valence-electron chi connectivity index (χ3n) is 5.86. The molecule has 0 bridgehead atoms. The van der Waals surface area contributed by atoms with Gasteiger partial charge in [-0.3, -0.25) is 19.6 Å². The lowest BCUT2D eigenvalue weighted by Crippen LogP contribution is -2.47. The van der Waals surface area contributed by atoms with Crippen molar-refractivity contribution in [3.8, 4) is 0 Å². The molecule has 4 nitrogen and oxygen atoms in total. The Labute approximate surface area is 163 Å². The molecule has 2 aliphatic rings. The molecule has 1 aromatic carbocycles. The third-order valence-corrected chi connectivity index (χ3v) is 6.53. The first kappa shape index (κ1) is 16.7. The van der Waals surface area contributed by atoms with Crippen molar-refractivity contribution < 1.29 is 4.79 Å². The molecule has 0 unspecified atom stereocenters. The Hall–Kier alpha value is -2.50. The topological polar surface area (TPSA) is 36.4 Å². The van der Waals surface area contributed by atoms with Gasteiger partial charge < -0.3 is 0 Å². The van der Waals surface area contributed by atoms with Crippen LogP contribution in [0.15, 0.2) is 65.5 Å². The summed E-state index contributed by atoms with van der Waals surface area (Å²) in [6.45, 7) is 2.67. The number of piperidine rings is 1. The number of rotatable bonds is 3. The molecular formula is C22H21N3OS. The molecule has 136 valence electrons. The predicted molar refractivity (Wildman–Crippen MR) is 108 cm³/mol. The van der Waals surface area contributed by atoms with Crippen molar-refractivity contribution in [2.75, 3.05) is 18.0 Å². The van der Waals surface area contributed by atoms with Crippen LogP contribution in [0.2, 0.25) is 0 Å². The van der Waals surface area contributed by atoms with Crippen LogP contribution in [0.25, 0.3) is 0 Å². The fourth-order valence-corrected chi connectivity index (χ4v) is 5.07. The standard InChI is InChI=1S/C22H21N3OS/c26-21-22(9-12-24(13-10-22)15-17-5-3-4-11-23-17)19-6-1-2-7-20(19)25(21)18-8-14-27-16-18/h1-8,11,14,16H,9-10,12-13,15H2. The summed E-state index contributed by atoms with van der Waals surface area (Å²) in [5, 5.41) is 4.09. The van der Waals surface area contributed by atoms with Crippen molar-refractivity contribution >= 4 is 28.6 Å². The molecule has 1 amide bonds. The summed E-state index contributed by atoms with van der Waals surface area (Å²) in [4.78, 5) is 22.4. The highest BCUT2D eigenvalue weighted by atomic mass is 32.1. The molecule has 27 heavy (non-hydrogen) atoms. The van der Waals surface area contributed by atoms with E-state index in [0.29, 0.717) is 0 Å². The first-order chi connectivity index (χ1) is 13.3. The Kier molecular flexibility index (Phi) is 4.06. The number of amides is 1. The number of nitrogens with zero attached hydrogens (tertiary/aromatic N) is 3. The van der Waals surface area contributed by atoms with E-state index in [9.17, 15) is 4.79 Å². The van der Waals surface area contributed by atoms with Gasteiger partial charge in [0, 0.05) is 18.1 Å². The van der Waals surface area contributed by atoms with Crippen LogP contribution in [0.4, 0.5) is 11.4 Å². The van der Waals surface area contributed by atoms with Crippen LogP contribution >= 0.6 is 11.3 Å². The normalized spacial score (nSPS) is 18.8. The fourth-order valence-electron chi connectivity index (χ4n) is 4.45. The molecule has 1 spiro atoms. The van der Waals surface area contributed by atoms with Gasteiger partial charge in [-0.05, 0) is 61.1 Å². The molecule has 2 aromatic heterocycles. The predicted octanol–water partition coefficient (Wildman–Crippen LogP) is 4.36. The zero-order chi connectivity index (χ0) is 18.3. The zero-order valence-corrected chi connectivity index (χ0v) is 15.9. The van der Waals surface area contributed by atoms with E-state index in [2.05, 4.69) is 39.5 Å². The lowest BCUT2D eigenvalue weighted by atomic mass is 9.73. The molecule has 0 atom stereocenters. The minimum absolute atomic E-state index is 0.236. The number of hydrogen-bond acceptors (Lipinski definition) is 4. The van der Waals surface area contributed by atoms with Crippen molar-refractivity contribution in [2.45, 2.75) is 24.8 Å². The van der Waals surface area contributed by atoms with Crippen molar-refractivity contribution in [2.24, 2.45) is 0 Å². The van der Waals surface area contributed by atoms with E-state index in [1.807, 2.05) is 40.7 Å². The second-order valence-electron chi connectivity index (χ2n) is 7.32. The number of carbonyl (C=O) groups is 1. The van der Waals surface area contributed by atoms with Gasteiger partial charge in [0.05, 0.1) is 22.5 Å². The number of pyridine rings is 1. The third kappa shape index (κ3) is 2.69. The number of carbonyl (C=O) groups excluding carboxylic acids is 1. The molecule has 1 fully saturated rings. The Balaban J connectivity index is 1.43. The van der Waals surface area contributed by atoms with Gasteiger partial charge >= 0.3 is 0 Å². The van der Waals surface area contributed by atoms with Crippen LogP contribution in [0.3, 0.4) is 0 Å². The highest BCUT2D eigenvalue weighted by Crippen LogP contribution is 2.50. The van der Waals surface area contributed by atoms with Crippen LogP contribution in [0.5, 0.6) is 0 Å². The van der Waals surface area contributed by atoms with E-state index in [4.69, 9.17) is 0 Å². The summed E-state index contributed by atoms with van der Waals surface area (Å²) in [7, 11) is 0. The van der Waals surface area contributed by atoms with Gasteiger partial charge in [0.2, 0.25) is 5.91 Å². The van der Waals surface area contributed by atoms with E-state index in [0.717, 1.165) is 49.5 Å². The maximum atomic E-state index is 13.6. The van der Waals surface area contributed by atoms with Crippen LogP contribution in [0.1, 0.15) is 24.1 Å². The largest absolute Gasteiger partial charge is 0.297 e. The molecule has 3 aromatic rings. The molecular weight excluding hydrogens is 354 g/mol. The summed E-state index contributed by atoms with van der Waals surface area (Å²) in [6.07, 6.45) is 3.56. The monoisotopic (exact) mass is 375 g/mol. The number of benzene rings is 1. The smallest absolute Gasteiger partial charge is 0.242 e. The molecule has 0 saturated carbocycles. The molecule has 0 aliphatic carbocycles. The van der Waals surface area contributed by atoms with Crippen LogP contribution in [-0.2, 0) is 16.8 Å². The van der Waals surface area contributed by atoms with E-state index in [-0.39, 0.29) is 11.3 Å². The highest BCUT2D eigenvalue weighted by molar-refractivity contribution is 7.08. The maximum absolute atomic E-state index is 13.6. The quantitative estimate of drug-likeness (QED) is 0.683. The molecule has 5 heteroatoms. The molecule has 5 rings (SSSR count). The highest BCUT2D eigenvalue weighted by Gasteiger charge is 2.52. The first-order valence-corrected chi connectivity index (χ1v) is 10.3. The van der Waals surface area contributed by atoms with Crippen molar-refractivity contribution in [1.82, 2.24) is 9.88 Å². The summed E-state index contributed by atoms with van der Waals surface area (Å²) in [6, 6.07) is 16.4. The number of para-hydroxylation sites is 1. The lowest BCUT2D eigenvalue weighted by molar-refractivity contribution is -0.124. The average molecular weight is 375 g/mol. The van der Waals surface area contributed by atoms with Crippen LogP contribution in [-0.4, -0.2) is 28.9 Å². The number of hydrogen-bond donors (Lipinski definition) is 0. The lowest BCUT2D eigenvalue weighted by Gasteiger charge is -2.38. The van der Waals surface area contributed by atoms with E-state index in [1.165, 1.54) is 5.56 Å². The zero-order valence-electron chi connectivity index (χ0n) is 15.0. The van der Waals surface area contributed by atoms with Crippen molar-refractivity contribution in [1.29, 1.82) is 0 Å². The van der Waals surface area contributed by atoms with E-state index < -0.39 is 0 Å². The first-order valence-electron chi connectivity index (χ1n) is 9.36. The average Bonchev–Trinajstić information content (AvgIpc) is 3.31. The summed E-state index contributed by atoms with van der Waals surface area (Å²) < 4.78 is 0. The van der Waals surface area contributed by atoms with Crippen LogP contribution < -0.4 is 4.90 Å². The van der Waals surface area contributed by atoms with Gasteiger partial charge in [-0.25, -0.2) is 0 Å². The van der Waals surface area contributed by atoms with Crippen molar-refractivity contribution in [3.63, 3.8) is 0 Å². The van der Waals surface area contributed by atoms with Gasteiger partial charge in [0.25, 0.3) is 0 Å². The van der Waals surface area contributed by atoms with Crippen molar-refractivity contribution in [3.05, 3.63) is 76.7 Å². The second-order valence-corrected chi connectivity index (χ2v) is 8.10. The molecule has 2 aliphatic heterocycles. The summed E-state index contributed by atoms with van der Waals surface area (Å²) >= 11 is 1.63. The van der Waals surface area contributed by atoms with Gasteiger partial charge in [0.15, 0.2) is 0 Å². The van der Waals surface area contributed by atoms with Gasteiger partial charge in [-0.1, -0.05) is 24.3 Å². The molecule has 0 N–H and O–H groups in total. The van der Waals surface area contributed by atoms with Gasteiger partial charge in [-0.15, -0.1) is 0 Å². The fraction of sp³-hybridized carbons (Fsp3) is 0.273. The Morgan fingerprint density at radius 3 is 2.59 bits per heavy atom. The molecule has 1 saturated heterocycles. The Morgan fingerprint density at radius 2 is 1.85 bits per heavy atom. The van der Waals surface area contributed by atoms with Gasteiger partial charge in [0.1, 0.15) is 0 Å². The number of anilines is 2. The Bertz CT molecular complexity index is 947. The summed E-state index contributed by atoms with van der Waals surface area (Å²) in [5.74, 6) is 0.236. The SMILES string of the molecule is O=C1N(c2ccsc2)c2ccccc2C12CCN(Cc1ccccn1)CC2. The minimum Gasteiger partial charge on any atom is -0.297 e. The number of fused-ring (bicyclic) bond motifs is 2. The van der Waals surface area contributed by atoms with E-state index >= 15 is 0 Å². The number of aromatic nitrogens is 1. The van der Waals surface area contributed by atoms with Crippen LogP contribution in [0, 0.1) is 0 Å². The number of likely N-dealkylation sites (tertiary alicyclic amines) is 1. The maximum Gasteiger partial charge on any atom is 0.242 e. The van der Waals surface area contributed by atoms with Gasteiger partial charge in [-0.2, -0.15) is 11.3 Å². The number of thiophene rings is 1. The minimum atomic E-state index is -0.390. The second kappa shape index (κ2) is 6.59. The molecule has 4 heterocycles. The summed E-state index contributed by atoms with van der Waals surface area (Å²) in [5.41, 5.74) is 3.94. The van der Waals surface area contributed by atoms with E-state index in [1.54, 1.807) is 11.3 Å².